The van der Waals surface area contributed by atoms with E-state index in [0.29, 0.717) is 6.42 Å². The third kappa shape index (κ3) is 4.24. The summed E-state index contributed by atoms with van der Waals surface area (Å²) < 4.78 is 4.57. The molecule has 0 heterocycles. The number of hydrogen-bond donors (Lipinski definition) is 1. The van der Waals surface area contributed by atoms with Crippen LogP contribution in [0.4, 0.5) is 4.79 Å². The second-order valence-corrected chi connectivity index (χ2v) is 3.88. The number of carbonyl (C=O) groups is 2. The molecule has 92 valence electrons. The number of nitrogens with zero attached hydrogens (tertiary/aromatic N) is 1. The smallest absolute Gasteiger partial charge is 0.375 e. The SMILES string of the molecule is CN(C)C(=O)OC(=O)[C@@H](N)Cc1ccccc1. The first-order valence-electron chi connectivity index (χ1n) is 5.23. The minimum Gasteiger partial charge on any atom is -0.375 e. The lowest BCUT2D eigenvalue weighted by Gasteiger charge is -2.13. The quantitative estimate of drug-likeness (QED) is 0.622. The molecule has 0 bridgehead atoms. The third-order valence-electron chi connectivity index (χ3n) is 2.15. The normalized spacial score (nSPS) is 11.7. The molecule has 0 saturated heterocycles. The Morgan fingerprint density at radius 1 is 1.29 bits per heavy atom. The van der Waals surface area contributed by atoms with Crippen LogP contribution in [0.25, 0.3) is 0 Å². The van der Waals surface area contributed by atoms with Gasteiger partial charge in [-0.1, -0.05) is 30.3 Å². The Kier molecular flexibility index (Phi) is 4.66. The van der Waals surface area contributed by atoms with Gasteiger partial charge in [0, 0.05) is 14.1 Å². The topological polar surface area (TPSA) is 72.6 Å². The van der Waals surface area contributed by atoms with E-state index in [2.05, 4.69) is 4.74 Å². The fourth-order valence-electron chi connectivity index (χ4n) is 1.20. The molecule has 0 spiro atoms. The van der Waals surface area contributed by atoms with Gasteiger partial charge in [-0.25, -0.2) is 9.59 Å². The minimum absolute atomic E-state index is 0.348. The highest BCUT2D eigenvalue weighted by Crippen LogP contribution is 2.03. The molecule has 0 aliphatic carbocycles. The number of carbonyl (C=O) groups excluding carboxylic acids is 2. The molecule has 0 saturated carbocycles. The van der Waals surface area contributed by atoms with Gasteiger partial charge in [0.1, 0.15) is 6.04 Å². The van der Waals surface area contributed by atoms with E-state index in [1.54, 1.807) is 0 Å². The van der Waals surface area contributed by atoms with Crippen LogP contribution in [0.1, 0.15) is 5.56 Å². The van der Waals surface area contributed by atoms with Gasteiger partial charge in [-0.05, 0) is 12.0 Å². The summed E-state index contributed by atoms with van der Waals surface area (Å²) in [6.07, 6.45) is -0.362. The van der Waals surface area contributed by atoms with E-state index in [1.807, 2.05) is 30.3 Å². The summed E-state index contributed by atoms with van der Waals surface area (Å²) in [6.45, 7) is 0. The summed E-state index contributed by atoms with van der Waals surface area (Å²) in [6, 6.07) is 8.49. The first-order chi connectivity index (χ1) is 8.00. The first kappa shape index (κ1) is 13.2. The van der Waals surface area contributed by atoms with Crippen LogP contribution in [0.3, 0.4) is 0 Å². The standard InChI is InChI=1S/C12H16N2O3/c1-14(2)12(16)17-11(15)10(13)8-9-6-4-3-5-7-9/h3-7,10H,8,13H2,1-2H3/t10-/m0/s1. The van der Waals surface area contributed by atoms with Crippen molar-refractivity contribution in [1.29, 1.82) is 0 Å². The van der Waals surface area contributed by atoms with Crippen molar-refractivity contribution in [2.75, 3.05) is 14.1 Å². The van der Waals surface area contributed by atoms with Gasteiger partial charge < -0.3 is 15.4 Å². The van der Waals surface area contributed by atoms with Crippen LogP contribution in [0.5, 0.6) is 0 Å². The predicted molar refractivity (Wildman–Crippen MR) is 63.3 cm³/mol. The lowest BCUT2D eigenvalue weighted by Crippen LogP contribution is -2.38. The molecule has 1 atom stereocenters. The van der Waals surface area contributed by atoms with Gasteiger partial charge in [0.2, 0.25) is 0 Å². The molecule has 2 N–H and O–H groups in total. The van der Waals surface area contributed by atoms with Crippen LogP contribution in [-0.2, 0) is 16.0 Å². The Morgan fingerprint density at radius 2 is 1.88 bits per heavy atom. The molecule has 0 aromatic heterocycles. The van der Waals surface area contributed by atoms with Gasteiger partial charge >= 0.3 is 12.1 Å². The van der Waals surface area contributed by atoms with Gasteiger partial charge in [-0.3, -0.25) is 0 Å². The summed E-state index contributed by atoms with van der Waals surface area (Å²) in [5.41, 5.74) is 6.58. The molecule has 17 heavy (non-hydrogen) atoms. The van der Waals surface area contributed by atoms with Crippen molar-refractivity contribution in [3.05, 3.63) is 35.9 Å². The number of ether oxygens (including phenoxy) is 1. The molecule has 0 radical (unpaired) electrons. The Bertz CT molecular complexity index is 390. The molecule has 0 unspecified atom stereocenters. The maximum Gasteiger partial charge on any atom is 0.417 e. The monoisotopic (exact) mass is 236 g/mol. The maximum atomic E-state index is 11.5. The van der Waals surface area contributed by atoms with E-state index in [4.69, 9.17) is 5.73 Å². The molecule has 1 aromatic rings. The molecule has 5 heteroatoms. The second-order valence-electron chi connectivity index (χ2n) is 3.88. The Labute approximate surface area is 100 Å². The number of esters is 1. The highest BCUT2D eigenvalue weighted by Gasteiger charge is 2.19. The number of hydrogen-bond acceptors (Lipinski definition) is 4. The lowest BCUT2D eigenvalue weighted by molar-refractivity contribution is -0.139. The van der Waals surface area contributed by atoms with Crippen molar-refractivity contribution in [3.8, 4) is 0 Å². The minimum atomic E-state index is -0.832. The number of amides is 1. The second kappa shape index (κ2) is 6.00. The zero-order valence-corrected chi connectivity index (χ0v) is 9.92. The zero-order valence-electron chi connectivity index (χ0n) is 9.92. The van der Waals surface area contributed by atoms with Crippen LogP contribution >= 0.6 is 0 Å². The van der Waals surface area contributed by atoms with E-state index in [0.717, 1.165) is 5.56 Å². The van der Waals surface area contributed by atoms with Crippen LogP contribution in [0, 0.1) is 0 Å². The van der Waals surface area contributed by atoms with E-state index >= 15 is 0 Å². The summed E-state index contributed by atoms with van der Waals surface area (Å²) in [7, 11) is 3.00. The van der Waals surface area contributed by atoms with Gasteiger partial charge in [0.05, 0.1) is 0 Å². The molecule has 1 aromatic carbocycles. The average molecular weight is 236 g/mol. The van der Waals surface area contributed by atoms with Crippen molar-refractivity contribution < 1.29 is 14.3 Å². The van der Waals surface area contributed by atoms with Gasteiger partial charge in [0.25, 0.3) is 0 Å². The van der Waals surface area contributed by atoms with Crippen molar-refractivity contribution >= 4 is 12.1 Å². The average Bonchev–Trinajstić information content (AvgIpc) is 2.29. The van der Waals surface area contributed by atoms with E-state index < -0.39 is 18.1 Å². The summed E-state index contributed by atoms with van der Waals surface area (Å²) in [5.74, 6) is -0.715. The van der Waals surface area contributed by atoms with Crippen molar-refractivity contribution in [1.82, 2.24) is 4.90 Å². The first-order valence-corrected chi connectivity index (χ1v) is 5.23. The van der Waals surface area contributed by atoms with Crippen molar-refractivity contribution in [2.24, 2.45) is 5.73 Å². The highest BCUT2D eigenvalue weighted by atomic mass is 16.6. The molecule has 1 rings (SSSR count). The number of nitrogens with two attached hydrogens (primary N) is 1. The number of rotatable bonds is 3. The highest BCUT2D eigenvalue weighted by molar-refractivity contribution is 5.87. The number of benzene rings is 1. The van der Waals surface area contributed by atoms with Crippen LogP contribution in [0.2, 0.25) is 0 Å². The van der Waals surface area contributed by atoms with Gasteiger partial charge in [-0.2, -0.15) is 0 Å². The molecule has 1 amide bonds. The van der Waals surface area contributed by atoms with Gasteiger partial charge in [-0.15, -0.1) is 0 Å². The third-order valence-corrected chi connectivity index (χ3v) is 2.15. The van der Waals surface area contributed by atoms with E-state index in [9.17, 15) is 9.59 Å². The Hall–Kier alpha value is -1.88. The fraction of sp³-hybridized carbons (Fsp3) is 0.333. The maximum absolute atomic E-state index is 11.5. The summed E-state index contributed by atoms with van der Waals surface area (Å²) >= 11 is 0. The van der Waals surface area contributed by atoms with Crippen LogP contribution in [-0.4, -0.2) is 37.1 Å². The van der Waals surface area contributed by atoms with Crippen molar-refractivity contribution in [3.63, 3.8) is 0 Å². The fourth-order valence-corrected chi connectivity index (χ4v) is 1.20. The van der Waals surface area contributed by atoms with Crippen LogP contribution < -0.4 is 5.73 Å². The summed E-state index contributed by atoms with van der Waals surface area (Å²) in [4.78, 5) is 23.8. The van der Waals surface area contributed by atoms with Crippen LogP contribution in [0.15, 0.2) is 30.3 Å². The molecular formula is C12H16N2O3. The van der Waals surface area contributed by atoms with Gasteiger partial charge in [0.15, 0.2) is 0 Å². The Morgan fingerprint density at radius 3 is 2.41 bits per heavy atom. The van der Waals surface area contributed by atoms with E-state index in [-0.39, 0.29) is 0 Å². The molecule has 5 nitrogen and oxygen atoms in total. The molecule has 0 aliphatic rings. The molecule has 0 fully saturated rings. The van der Waals surface area contributed by atoms with Crippen molar-refractivity contribution in [2.45, 2.75) is 12.5 Å². The lowest BCUT2D eigenvalue weighted by atomic mass is 10.1. The molecular weight excluding hydrogens is 220 g/mol. The zero-order chi connectivity index (χ0) is 12.8. The predicted octanol–water partition coefficient (Wildman–Crippen LogP) is 0.781. The Balaban J connectivity index is 2.51. The van der Waals surface area contributed by atoms with E-state index in [1.165, 1.54) is 19.0 Å². The summed E-state index contributed by atoms with van der Waals surface area (Å²) in [5, 5.41) is 0. The molecule has 0 aliphatic heterocycles. The largest absolute Gasteiger partial charge is 0.417 e.